The van der Waals surface area contributed by atoms with Crippen LogP contribution in [0.1, 0.15) is 25.3 Å². The van der Waals surface area contributed by atoms with E-state index in [-0.39, 0.29) is 11.8 Å². The van der Waals surface area contributed by atoms with Crippen molar-refractivity contribution in [3.05, 3.63) is 22.7 Å². The molecule has 0 unspecified atom stereocenters. The number of hydrogen-bond donors (Lipinski definition) is 1. The van der Waals surface area contributed by atoms with Crippen molar-refractivity contribution in [1.82, 2.24) is 14.7 Å². The molecular weight excluding hydrogens is 382 g/mol. The summed E-state index contributed by atoms with van der Waals surface area (Å²) in [6, 6.07) is 4.15. The second-order valence-electron chi connectivity index (χ2n) is 7.38. The first-order valence-electron chi connectivity index (χ1n) is 9.95. The zero-order valence-electron chi connectivity index (χ0n) is 16.7. The summed E-state index contributed by atoms with van der Waals surface area (Å²) in [5.74, 6) is 0.398. The van der Waals surface area contributed by atoms with Crippen LogP contribution in [-0.4, -0.2) is 84.9 Å². The van der Waals surface area contributed by atoms with Crippen LogP contribution < -0.4 is 4.74 Å². The molecule has 8 heteroatoms. The van der Waals surface area contributed by atoms with E-state index >= 15 is 0 Å². The molecule has 7 nitrogen and oxygen atoms in total. The maximum absolute atomic E-state index is 11.9. The number of likely N-dealkylation sites (tertiary alicyclic amines) is 1. The molecule has 0 saturated carbocycles. The van der Waals surface area contributed by atoms with Gasteiger partial charge in [-0.25, -0.2) is 4.79 Å². The lowest BCUT2D eigenvalue weighted by Gasteiger charge is -2.43. The zero-order valence-corrected chi connectivity index (χ0v) is 17.5. The van der Waals surface area contributed by atoms with Gasteiger partial charge < -0.3 is 19.5 Å². The Labute approximate surface area is 171 Å². The molecule has 0 radical (unpaired) electrons. The van der Waals surface area contributed by atoms with Crippen LogP contribution in [0.3, 0.4) is 0 Å². The van der Waals surface area contributed by atoms with Crippen molar-refractivity contribution in [2.24, 2.45) is 0 Å². The molecule has 0 aliphatic carbocycles. The molecule has 1 amide bonds. The van der Waals surface area contributed by atoms with E-state index in [1.54, 1.807) is 11.0 Å². The highest BCUT2D eigenvalue weighted by molar-refractivity contribution is 6.32. The molecule has 1 aromatic carbocycles. The summed E-state index contributed by atoms with van der Waals surface area (Å²) >= 11 is 6.13. The van der Waals surface area contributed by atoms with Crippen LogP contribution in [0.2, 0.25) is 5.02 Å². The maximum Gasteiger partial charge on any atom is 0.409 e. The fourth-order valence-corrected chi connectivity index (χ4v) is 4.32. The minimum Gasteiger partial charge on any atom is -0.503 e. The molecule has 0 aromatic heterocycles. The van der Waals surface area contributed by atoms with E-state index < -0.39 is 0 Å². The SMILES string of the molecule is CCOC(=O)N1CCN([C@@H]2CCCN(Cc3cc(Cl)c(O)c(OC)c3)C2)CC1. The van der Waals surface area contributed by atoms with E-state index in [0.29, 0.717) is 23.4 Å². The highest BCUT2D eigenvalue weighted by Crippen LogP contribution is 2.35. The Balaban J connectivity index is 1.55. The standard InChI is InChI=1S/C20H30ClN3O4/c1-3-28-20(26)24-9-7-23(8-10-24)16-5-4-6-22(14-16)13-15-11-17(21)19(25)18(12-15)27-2/h11-12,16,25H,3-10,13-14H2,1-2H3/t16-/m1/s1. The van der Waals surface area contributed by atoms with Crippen LogP contribution in [0.25, 0.3) is 0 Å². The summed E-state index contributed by atoms with van der Waals surface area (Å²) in [6.45, 7) is 8.27. The van der Waals surface area contributed by atoms with Crippen molar-refractivity contribution < 1.29 is 19.4 Å². The number of ether oxygens (including phenoxy) is 2. The van der Waals surface area contributed by atoms with Gasteiger partial charge in [-0.15, -0.1) is 0 Å². The van der Waals surface area contributed by atoms with Crippen LogP contribution in [0.15, 0.2) is 12.1 Å². The van der Waals surface area contributed by atoms with Gasteiger partial charge in [-0.1, -0.05) is 11.6 Å². The van der Waals surface area contributed by atoms with Crippen LogP contribution in [0.4, 0.5) is 4.79 Å². The van der Waals surface area contributed by atoms with E-state index in [0.717, 1.165) is 57.8 Å². The number of halogens is 1. The van der Waals surface area contributed by atoms with E-state index in [1.165, 1.54) is 13.5 Å². The zero-order chi connectivity index (χ0) is 20.1. The van der Waals surface area contributed by atoms with Crippen molar-refractivity contribution in [3.63, 3.8) is 0 Å². The van der Waals surface area contributed by atoms with E-state index in [2.05, 4.69) is 9.80 Å². The largest absolute Gasteiger partial charge is 0.503 e. The van der Waals surface area contributed by atoms with Gasteiger partial charge in [-0.05, 0) is 44.0 Å². The molecule has 1 N–H and O–H groups in total. The Hall–Kier alpha value is -1.70. The monoisotopic (exact) mass is 411 g/mol. The third kappa shape index (κ3) is 5.01. The van der Waals surface area contributed by atoms with E-state index in [9.17, 15) is 9.90 Å². The Morgan fingerprint density at radius 1 is 1.25 bits per heavy atom. The van der Waals surface area contributed by atoms with Gasteiger partial charge in [0.15, 0.2) is 11.5 Å². The summed E-state index contributed by atoms with van der Waals surface area (Å²) in [5.41, 5.74) is 1.03. The number of phenolic OH excluding ortho intramolecular Hbond substituents is 1. The van der Waals surface area contributed by atoms with Crippen molar-refractivity contribution >= 4 is 17.7 Å². The molecule has 0 spiro atoms. The van der Waals surface area contributed by atoms with Gasteiger partial charge in [-0.2, -0.15) is 0 Å². The average molecular weight is 412 g/mol. The van der Waals surface area contributed by atoms with Gasteiger partial charge >= 0.3 is 6.09 Å². The second-order valence-corrected chi connectivity index (χ2v) is 7.79. The van der Waals surface area contributed by atoms with Gasteiger partial charge in [0.1, 0.15) is 0 Å². The molecule has 0 bridgehead atoms. The fourth-order valence-electron chi connectivity index (χ4n) is 4.09. The molecule has 2 aliphatic rings. The molecule has 1 aromatic rings. The summed E-state index contributed by atoms with van der Waals surface area (Å²) in [4.78, 5) is 18.6. The smallest absolute Gasteiger partial charge is 0.409 e. The van der Waals surface area contributed by atoms with Gasteiger partial charge in [0.05, 0.1) is 18.7 Å². The van der Waals surface area contributed by atoms with Crippen LogP contribution in [0, 0.1) is 0 Å². The topological polar surface area (TPSA) is 65.5 Å². The van der Waals surface area contributed by atoms with Crippen molar-refractivity contribution in [2.45, 2.75) is 32.4 Å². The number of hydrogen-bond acceptors (Lipinski definition) is 6. The number of amides is 1. The quantitative estimate of drug-likeness (QED) is 0.803. The molecule has 2 fully saturated rings. The lowest BCUT2D eigenvalue weighted by atomic mass is 10.0. The third-order valence-electron chi connectivity index (χ3n) is 5.55. The summed E-state index contributed by atoms with van der Waals surface area (Å²) < 4.78 is 10.3. The van der Waals surface area contributed by atoms with Gasteiger partial charge in [0, 0.05) is 45.3 Å². The first-order chi connectivity index (χ1) is 13.5. The van der Waals surface area contributed by atoms with Crippen molar-refractivity contribution in [2.75, 3.05) is 53.0 Å². The average Bonchev–Trinajstić information content (AvgIpc) is 2.71. The number of nitrogens with zero attached hydrogens (tertiary/aromatic N) is 3. The van der Waals surface area contributed by atoms with E-state index in [4.69, 9.17) is 21.1 Å². The molecule has 28 heavy (non-hydrogen) atoms. The summed E-state index contributed by atoms with van der Waals surface area (Å²) in [7, 11) is 1.53. The molecule has 2 heterocycles. The molecule has 2 aliphatic heterocycles. The van der Waals surface area contributed by atoms with Gasteiger partial charge in [0.25, 0.3) is 0 Å². The van der Waals surface area contributed by atoms with Crippen LogP contribution in [0.5, 0.6) is 11.5 Å². The lowest BCUT2D eigenvalue weighted by molar-refractivity contribution is 0.0412. The first-order valence-corrected chi connectivity index (χ1v) is 10.3. The highest BCUT2D eigenvalue weighted by Gasteiger charge is 2.30. The molecule has 156 valence electrons. The number of piperidine rings is 1. The Kier molecular flexibility index (Phi) is 7.26. The first kappa shape index (κ1) is 21.0. The number of rotatable bonds is 5. The van der Waals surface area contributed by atoms with Crippen LogP contribution in [-0.2, 0) is 11.3 Å². The molecule has 3 rings (SSSR count). The minimum atomic E-state index is -0.203. The predicted octanol–water partition coefficient (Wildman–Crippen LogP) is 2.79. The molecule has 1 atom stereocenters. The normalized spacial score (nSPS) is 21.5. The Morgan fingerprint density at radius 2 is 2.00 bits per heavy atom. The predicted molar refractivity (Wildman–Crippen MR) is 108 cm³/mol. The van der Waals surface area contributed by atoms with E-state index in [1.807, 2.05) is 13.0 Å². The summed E-state index contributed by atoms with van der Waals surface area (Å²) in [6.07, 6.45) is 2.12. The highest BCUT2D eigenvalue weighted by atomic mass is 35.5. The number of piperazine rings is 1. The Morgan fingerprint density at radius 3 is 2.68 bits per heavy atom. The number of carbonyl (C=O) groups excluding carboxylic acids is 1. The van der Waals surface area contributed by atoms with Crippen LogP contribution >= 0.6 is 11.6 Å². The minimum absolute atomic E-state index is 0.0103. The van der Waals surface area contributed by atoms with Gasteiger partial charge in [0.2, 0.25) is 0 Å². The van der Waals surface area contributed by atoms with Gasteiger partial charge in [-0.3, -0.25) is 9.80 Å². The summed E-state index contributed by atoms with van der Waals surface area (Å²) in [5, 5.41) is 10.2. The lowest BCUT2D eigenvalue weighted by Crippen LogP contribution is -2.55. The number of benzene rings is 1. The van der Waals surface area contributed by atoms with Crippen molar-refractivity contribution in [1.29, 1.82) is 0 Å². The second kappa shape index (κ2) is 9.67. The Bertz CT molecular complexity index is 680. The third-order valence-corrected chi connectivity index (χ3v) is 5.84. The number of aromatic hydroxyl groups is 1. The molecule has 2 saturated heterocycles. The van der Waals surface area contributed by atoms with Crippen molar-refractivity contribution in [3.8, 4) is 11.5 Å². The fraction of sp³-hybridized carbons (Fsp3) is 0.650. The number of phenols is 1. The molecular formula is C20H30ClN3O4. The number of methoxy groups -OCH3 is 1. The number of carbonyl (C=O) groups is 1. The maximum atomic E-state index is 11.9.